The van der Waals surface area contributed by atoms with Gasteiger partial charge in [0.15, 0.2) is 0 Å². The molecule has 0 aromatic carbocycles. The van der Waals surface area contributed by atoms with Gasteiger partial charge in [-0.05, 0) is 12.8 Å². The number of carbonyl (C=O) groups excluding carboxylic acids is 1. The van der Waals surface area contributed by atoms with Crippen LogP contribution in [0.5, 0.6) is 0 Å². The van der Waals surface area contributed by atoms with Gasteiger partial charge in [0.1, 0.15) is 0 Å². The molecule has 0 saturated carbocycles. The Labute approximate surface area is 127 Å². The van der Waals surface area contributed by atoms with Gasteiger partial charge < -0.3 is 15.3 Å². The van der Waals surface area contributed by atoms with E-state index in [1.54, 1.807) is 0 Å². The third-order valence-corrected chi connectivity index (χ3v) is 4.01. The Bertz CT molecular complexity index is 322. The van der Waals surface area contributed by atoms with Gasteiger partial charge in [-0.15, -0.1) is 0 Å². The first kappa shape index (κ1) is 17.8. The molecule has 122 valence electrons. The van der Waals surface area contributed by atoms with E-state index in [9.17, 15) is 9.59 Å². The van der Waals surface area contributed by atoms with Crippen LogP contribution < -0.4 is 5.32 Å². The molecule has 1 fully saturated rings. The molecular formula is C15H29N3O3. The van der Waals surface area contributed by atoms with Crippen molar-refractivity contribution < 1.29 is 14.7 Å². The lowest BCUT2D eigenvalue weighted by atomic mass is 9.96. The molecule has 1 heterocycles. The molecule has 6 nitrogen and oxygen atoms in total. The van der Waals surface area contributed by atoms with Gasteiger partial charge in [-0.1, -0.05) is 26.7 Å². The molecule has 1 aliphatic rings. The summed E-state index contributed by atoms with van der Waals surface area (Å²) in [4.78, 5) is 27.1. The van der Waals surface area contributed by atoms with E-state index in [1.807, 2.05) is 4.90 Å². The molecule has 1 rings (SSSR count). The standard InChI is InChI=1S/C15H29N3O3/c1-3-5-13(6-4-2)14(19)18-11-9-17(10-12-18)8-7-16-15(20)21/h13,16H,3-12H2,1-2H3,(H,20,21). The van der Waals surface area contributed by atoms with Crippen molar-refractivity contribution in [1.29, 1.82) is 0 Å². The van der Waals surface area contributed by atoms with Crippen LogP contribution in [0.2, 0.25) is 0 Å². The average Bonchev–Trinajstić information content (AvgIpc) is 2.47. The third kappa shape index (κ3) is 6.33. The zero-order valence-electron chi connectivity index (χ0n) is 13.3. The molecule has 0 aromatic rings. The van der Waals surface area contributed by atoms with Crippen LogP contribution >= 0.6 is 0 Å². The second-order valence-corrected chi connectivity index (χ2v) is 5.67. The molecule has 0 aromatic heterocycles. The third-order valence-electron chi connectivity index (χ3n) is 4.01. The Morgan fingerprint density at radius 3 is 2.14 bits per heavy atom. The summed E-state index contributed by atoms with van der Waals surface area (Å²) in [5.41, 5.74) is 0. The molecule has 6 heteroatoms. The highest BCUT2D eigenvalue weighted by Crippen LogP contribution is 2.17. The van der Waals surface area contributed by atoms with E-state index in [-0.39, 0.29) is 5.92 Å². The van der Waals surface area contributed by atoms with E-state index >= 15 is 0 Å². The summed E-state index contributed by atoms with van der Waals surface area (Å²) >= 11 is 0. The van der Waals surface area contributed by atoms with Gasteiger partial charge in [0, 0.05) is 45.2 Å². The lowest BCUT2D eigenvalue weighted by Gasteiger charge is -2.36. The van der Waals surface area contributed by atoms with Gasteiger partial charge in [0.05, 0.1) is 0 Å². The summed E-state index contributed by atoms with van der Waals surface area (Å²) in [5, 5.41) is 10.9. The number of hydrogen-bond donors (Lipinski definition) is 2. The zero-order chi connectivity index (χ0) is 15.7. The first-order valence-corrected chi connectivity index (χ1v) is 8.06. The topological polar surface area (TPSA) is 72.9 Å². The minimum absolute atomic E-state index is 0.181. The molecule has 0 aliphatic carbocycles. The number of amides is 2. The second kappa shape index (κ2) is 9.60. The van der Waals surface area contributed by atoms with Gasteiger partial charge in [-0.2, -0.15) is 0 Å². The molecule has 0 spiro atoms. The summed E-state index contributed by atoms with van der Waals surface area (Å²) in [5.74, 6) is 0.488. The van der Waals surface area contributed by atoms with E-state index in [1.165, 1.54) is 0 Å². The number of rotatable bonds is 8. The molecule has 2 N–H and O–H groups in total. The molecule has 0 atom stereocenters. The molecular weight excluding hydrogens is 270 g/mol. The lowest BCUT2D eigenvalue weighted by Crippen LogP contribution is -2.51. The highest BCUT2D eigenvalue weighted by atomic mass is 16.4. The minimum Gasteiger partial charge on any atom is -0.465 e. The highest BCUT2D eigenvalue weighted by molar-refractivity contribution is 5.78. The van der Waals surface area contributed by atoms with Crippen LogP contribution in [-0.4, -0.2) is 66.2 Å². The van der Waals surface area contributed by atoms with Crippen LogP contribution in [0.25, 0.3) is 0 Å². The molecule has 0 unspecified atom stereocenters. The lowest BCUT2D eigenvalue weighted by molar-refractivity contribution is -0.137. The van der Waals surface area contributed by atoms with Crippen LogP contribution in [0.4, 0.5) is 4.79 Å². The molecule has 1 aliphatic heterocycles. The van der Waals surface area contributed by atoms with E-state index in [2.05, 4.69) is 24.1 Å². The smallest absolute Gasteiger partial charge is 0.404 e. The fourth-order valence-corrected chi connectivity index (χ4v) is 2.86. The van der Waals surface area contributed by atoms with Crippen molar-refractivity contribution >= 4 is 12.0 Å². The van der Waals surface area contributed by atoms with Crippen LogP contribution in [0.15, 0.2) is 0 Å². The molecule has 2 amide bonds. The molecule has 0 bridgehead atoms. The monoisotopic (exact) mass is 299 g/mol. The Hall–Kier alpha value is -1.30. The fourth-order valence-electron chi connectivity index (χ4n) is 2.86. The zero-order valence-corrected chi connectivity index (χ0v) is 13.3. The van der Waals surface area contributed by atoms with Crippen molar-refractivity contribution in [3.05, 3.63) is 0 Å². The Morgan fingerprint density at radius 1 is 1.10 bits per heavy atom. The predicted molar refractivity (Wildman–Crippen MR) is 82.4 cm³/mol. The fraction of sp³-hybridized carbons (Fsp3) is 0.867. The van der Waals surface area contributed by atoms with Crippen molar-refractivity contribution in [3.63, 3.8) is 0 Å². The minimum atomic E-state index is -0.981. The molecule has 0 radical (unpaired) electrons. The van der Waals surface area contributed by atoms with Crippen molar-refractivity contribution in [1.82, 2.24) is 15.1 Å². The van der Waals surface area contributed by atoms with Crippen LogP contribution in [0.1, 0.15) is 39.5 Å². The van der Waals surface area contributed by atoms with Gasteiger partial charge in [-0.25, -0.2) is 4.79 Å². The summed E-state index contributed by atoms with van der Waals surface area (Å²) < 4.78 is 0. The molecule has 21 heavy (non-hydrogen) atoms. The largest absolute Gasteiger partial charge is 0.465 e. The number of nitrogens with zero attached hydrogens (tertiary/aromatic N) is 2. The van der Waals surface area contributed by atoms with Gasteiger partial charge in [0.2, 0.25) is 5.91 Å². The maximum atomic E-state index is 12.5. The van der Waals surface area contributed by atoms with Crippen LogP contribution in [-0.2, 0) is 4.79 Å². The number of piperazine rings is 1. The Balaban J connectivity index is 2.33. The van der Waals surface area contributed by atoms with Crippen molar-refractivity contribution in [2.45, 2.75) is 39.5 Å². The van der Waals surface area contributed by atoms with Crippen molar-refractivity contribution in [2.24, 2.45) is 5.92 Å². The Kier molecular flexibility index (Phi) is 8.12. The Morgan fingerprint density at radius 2 is 1.67 bits per heavy atom. The maximum absolute atomic E-state index is 12.5. The first-order chi connectivity index (χ1) is 10.1. The number of nitrogens with one attached hydrogen (secondary N) is 1. The van der Waals surface area contributed by atoms with Gasteiger partial charge in [0.25, 0.3) is 0 Å². The summed E-state index contributed by atoms with van der Waals surface area (Å²) in [6.07, 6.45) is 3.09. The van der Waals surface area contributed by atoms with Gasteiger partial charge in [-0.3, -0.25) is 9.69 Å². The van der Waals surface area contributed by atoms with E-state index < -0.39 is 6.09 Å². The van der Waals surface area contributed by atoms with E-state index in [4.69, 9.17) is 5.11 Å². The summed E-state index contributed by atoms with van der Waals surface area (Å²) in [6, 6.07) is 0. The van der Waals surface area contributed by atoms with Crippen molar-refractivity contribution in [3.8, 4) is 0 Å². The SMILES string of the molecule is CCCC(CCC)C(=O)N1CCN(CCNC(=O)O)CC1. The maximum Gasteiger partial charge on any atom is 0.404 e. The van der Waals surface area contributed by atoms with Crippen LogP contribution in [0, 0.1) is 5.92 Å². The predicted octanol–water partition coefficient (Wildman–Crippen LogP) is 1.61. The van der Waals surface area contributed by atoms with Crippen LogP contribution in [0.3, 0.4) is 0 Å². The first-order valence-electron chi connectivity index (χ1n) is 8.06. The number of carboxylic acid groups (broad SMARTS) is 1. The quantitative estimate of drug-likeness (QED) is 0.714. The number of hydrogen-bond acceptors (Lipinski definition) is 3. The van der Waals surface area contributed by atoms with Gasteiger partial charge >= 0.3 is 6.09 Å². The number of carbonyl (C=O) groups is 2. The second-order valence-electron chi connectivity index (χ2n) is 5.67. The highest BCUT2D eigenvalue weighted by Gasteiger charge is 2.26. The normalized spacial score (nSPS) is 16.2. The summed E-state index contributed by atoms with van der Waals surface area (Å²) in [7, 11) is 0. The summed E-state index contributed by atoms with van der Waals surface area (Å²) in [6.45, 7) is 8.59. The van der Waals surface area contributed by atoms with E-state index in [0.29, 0.717) is 19.0 Å². The van der Waals surface area contributed by atoms with E-state index in [0.717, 1.165) is 51.9 Å². The van der Waals surface area contributed by atoms with Crippen molar-refractivity contribution in [2.75, 3.05) is 39.3 Å². The molecule has 1 saturated heterocycles. The average molecular weight is 299 g/mol.